The summed E-state index contributed by atoms with van der Waals surface area (Å²) in [4.78, 5) is 0. The van der Waals surface area contributed by atoms with E-state index in [9.17, 15) is 5.11 Å². The van der Waals surface area contributed by atoms with Gasteiger partial charge < -0.3 is 5.11 Å². The van der Waals surface area contributed by atoms with Gasteiger partial charge in [0.1, 0.15) is 0 Å². The Kier molecular flexibility index (Phi) is 6.40. The minimum atomic E-state index is -0.525. The highest BCUT2D eigenvalue weighted by Crippen LogP contribution is 2.28. The average Bonchev–Trinajstić information content (AvgIpc) is 2.04. The molecule has 0 heterocycles. The lowest BCUT2D eigenvalue weighted by molar-refractivity contribution is 0.0601. The van der Waals surface area contributed by atoms with Crippen LogP contribution >= 0.6 is 0 Å². The van der Waals surface area contributed by atoms with Gasteiger partial charge in [-0.15, -0.1) is 0 Å². The van der Waals surface area contributed by atoms with Gasteiger partial charge in [-0.1, -0.05) is 46.5 Å². The Bertz CT molecular complexity index is 118. The number of rotatable bonds is 7. The molecule has 0 rings (SSSR count). The maximum absolute atomic E-state index is 10.0. The minimum absolute atomic E-state index is 0.525. The predicted octanol–water partition coefficient (Wildman–Crippen LogP) is 3.71. The van der Waals surface area contributed by atoms with Crippen molar-refractivity contribution < 1.29 is 5.11 Å². The molecule has 1 atom stereocenters. The summed E-state index contributed by atoms with van der Waals surface area (Å²) in [5, 5.41) is 10.0. The molecule has 0 aliphatic rings. The number of unbranched alkanes of at least 4 members (excludes halogenated alkanes) is 2. The third-order valence-corrected chi connectivity index (χ3v) is 2.81. The molecule has 0 aromatic carbocycles. The number of hydrogen-bond donors (Lipinski definition) is 1. The molecular formula is C12H25O. The van der Waals surface area contributed by atoms with E-state index in [1.165, 1.54) is 25.2 Å². The molecule has 0 amide bonds. The topological polar surface area (TPSA) is 20.2 Å². The first-order chi connectivity index (χ1) is 6.04. The van der Waals surface area contributed by atoms with Gasteiger partial charge in [-0.25, -0.2) is 0 Å². The van der Waals surface area contributed by atoms with E-state index in [1.807, 2.05) is 6.92 Å². The minimum Gasteiger partial charge on any atom is -0.390 e. The summed E-state index contributed by atoms with van der Waals surface area (Å²) in [6, 6.07) is 0. The second kappa shape index (κ2) is 6.42. The Hall–Kier alpha value is -0.0400. The lowest BCUT2D eigenvalue weighted by Crippen LogP contribution is -2.30. The van der Waals surface area contributed by atoms with Crippen LogP contribution in [0, 0.1) is 5.92 Å². The van der Waals surface area contributed by atoms with Gasteiger partial charge in [0.2, 0.25) is 0 Å². The molecule has 0 bridgehead atoms. The van der Waals surface area contributed by atoms with Gasteiger partial charge in [-0.3, -0.25) is 0 Å². The SMILES string of the molecule is CCCCC[C](C)C(C)(O)CCC. The molecule has 1 N–H and O–H groups in total. The van der Waals surface area contributed by atoms with E-state index >= 15 is 0 Å². The number of hydrogen-bond acceptors (Lipinski definition) is 1. The average molecular weight is 185 g/mol. The first kappa shape index (κ1) is 13.0. The third-order valence-electron chi connectivity index (χ3n) is 2.81. The second-order valence-corrected chi connectivity index (χ2v) is 4.26. The van der Waals surface area contributed by atoms with Crippen molar-refractivity contribution in [3.05, 3.63) is 5.92 Å². The van der Waals surface area contributed by atoms with Crippen molar-refractivity contribution in [2.45, 2.75) is 71.8 Å². The van der Waals surface area contributed by atoms with Crippen LogP contribution in [0.25, 0.3) is 0 Å². The van der Waals surface area contributed by atoms with E-state index in [1.54, 1.807) is 0 Å². The van der Waals surface area contributed by atoms with Gasteiger partial charge in [0.05, 0.1) is 5.60 Å². The standard InChI is InChI=1S/C12H25O/c1-5-7-8-9-11(3)12(4,13)10-6-2/h13H,5-10H2,1-4H3. The van der Waals surface area contributed by atoms with E-state index in [0.717, 1.165) is 19.3 Å². The van der Waals surface area contributed by atoms with Crippen LogP contribution in [0.4, 0.5) is 0 Å². The van der Waals surface area contributed by atoms with Crippen LogP contribution in [-0.2, 0) is 0 Å². The van der Waals surface area contributed by atoms with Crippen LogP contribution in [-0.4, -0.2) is 10.7 Å². The molecule has 0 aromatic heterocycles. The molecule has 0 saturated heterocycles. The van der Waals surface area contributed by atoms with E-state index < -0.39 is 5.60 Å². The van der Waals surface area contributed by atoms with Crippen molar-refractivity contribution in [2.75, 3.05) is 0 Å². The summed E-state index contributed by atoms with van der Waals surface area (Å²) in [6.45, 7) is 8.36. The van der Waals surface area contributed by atoms with E-state index in [0.29, 0.717) is 0 Å². The van der Waals surface area contributed by atoms with Crippen LogP contribution in [0.15, 0.2) is 0 Å². The fourth-order valence-corrected chi connectivity index (χ4v) is 1.61. The van der Waals surface area contributed by atoms with Crippen LogP contribution in [0.2, 0.25) is 0 Å². The van der Waals surface area contributed by atoms with Crippen molar-refractivity contribution >= 4 is 0 Å². The molecule has 0 aliphatic carbocycles. The molecule has 1 heteroatoms. The Morgan fingerprint density at radius 1 is 1.15 bits per heavy atom. The van der Waals surface area contributed by atoms with Crippen molar-refractivity contribution in [1.29, 1.82) is 0 Å². The molecule has 1 radical (unpaired) electrons. The molecule has 0 spiro atoms. The summed E-state index contributed by atoms with van der Waals surface area (Å²) >= 11 is 0. The first-order valence-electron chi connectivity index (χ1n) is 5.59. The fraction of sp³-hybridized carbons (Fsp3) is 0.917. The summed E-state index contributed by atoms with van der Waals surface area (Å²) < 4.78 is 0. The third kappa shape index (κ3) is 5.30. The maximum atomic E-state index is 10.0. The van der Waals surface area contributed by atoms with Crippen LogP contribution in [0.1, 0.15) is 66.2 Å². The quantitative estimate of drug-likeness (QED) is 0.599. The molecule has 0 saturated carbocycles. The van der Waals surface area contributed by atoms with Crippen molar-refractivity contribution in [2.24, 2.45) is 0 Å². The van der Waals surface area contributed by atoms with Crippen molar-refractivity contribution in [1.82, 2.24) is 0 Å². The Labute approximate surface area is 83.5 Å². The molecule has 13 heavy (non-hydrogen) atoms. The summed E-state index contributed by atoms with van der Waals surface area (Å²) in [7, 11) is 0. The lowest BCUT2D eigenvalue weighted by atomic mass is 9.83. The van der Waals surface area contributed by atoms with Crippen molar-refractivity contribution in [3.63, 3.8) is 0 Å². The fourth-order valence-electron chi connectivity index (χ4n) is 1.61. The zero-order valence-electron chi connectivity index (χ0n) is 9.69. The molecule has 0 fully saturated rings. The normalized spacial score (nSPS) is 16.2. The smallest absolute Gasteiger partial charge is 0.0679 e. The Balaban J connectivity index is 3.72. The predicted molar refractivity (Wildman–Crippen MR) is 58.6 cm³/mol. The lowest BCUT2D eigenvalue weighted by Gasteiger charge is -2.29. The molecule has 0 aliphatic heterocycles. The van der Waals surface area contributed by atoms with Gasteiger partial charge in [0.15, 0.2) is 0 Å². The highest BCUT2D eigenvalue weighted by Gasteiger charge is 2.26. The van der Waals surface area contributed by atoms with E-state index in [4.69, 9.17) is 0 Å². The molecule has 1 nitrogen and oxygen atoms in total. The summed E-state index contributed by atoms with van der Waals surface area (Å²) in [5.41, 5.74) is -0.525. The Morgan fingerprint density at radius 3 is 2.23 bits per heavy atom. The van der Waals surface area contributed by atoms with Gasteiger partial charge in [-0.2, -0.15) is 0 Å². The zero-order chi connectivity index (χ0) is 10.3. The van der Waals surface area contributed by atoms with E-state index in [2.05, 4.69) is 20.8 Å². The first-order valence-corrected chi connectivity index (χ1v) is 5.59. The zero-order valence-corrected chi connectivity index (χ0v) is 9.69. The maximum Gasteiger partial charge on any atom is 0.0679 e. The van der Waals surface area contributed by atoms with Gasteiger partial charge in [0.25, 0.3) is 0 Å². The highest BCUT2D eigenvalue weighted by atomic mass is 16.3. The van der Waals surface area contributed by atoms with Crippen LogP contribution in [0.5, 0.6) is 0 Å². The van der Waals surface area contributed by atoms with Crippen molar-refractivity contribution in [3.8, 4) is 0 Å². The van der Waals surface area contributed by atoms with Gasteiger partial charge in [0, 0.05) is 5.92 Å². The van der Waals surface area contributed by atoms with E-state index in [-0.39, 0.29) is 0 Å². The largest absolute Gasteiger partial charge is 0.390 e. The molecule has 1 unspecified atom stereocenters. The highest BCUT2D eigenvalue weighted by molar-refractivity contribution is 5.01. The molecule has 0 aromatic rings. The molecular weight excluding hydrogens is 160 g/mol. The number of aliphatic hydroxyl groups is 1. The molecule has 79 valence electrons. The second-order valence-electron chi connectivity index (χ2n) is 4.26. The Morgan fingerprint density at radius 2 is 1.77 bits per heavy atom. The van der Waals surface area contributed by atoms with Gasteiger partial charge in [-0.05, 0) is 19.8 Å². The summed E-state index contributed by atoms with van der Waals surface area (Å²) in [5.74, 6) is 1.25. The van der Waals surface area contributed by atoms with Gasteiger partial charge >= 0.3 is 0 Å². The monoisotopic (exact) mass is 185 g/mol. The van der Waals surface area contributed by atoms with Crippen LogP contribution < -0.4 is 0 Å². The summed E-state index contributed by atoms with van der Waals surface area (Å²) in [6.07, 6.45) is 6.79. The van der Waals surface area contributed by atoms with Crippen LogP contribution in [0.3, 0.4) is 0 Å².